The Kier molecular flexibility index (Phi) is 3.79. The third-order valence-electron chi connectivity index (χ3n) is 2.59. The molecule has 7 heteroatoms. The van der Waals surface area contributed by atoms with Gasteiger partial charge in [0.15, 0.2) is 16.1 Å². The van der Waals surface area contributed by atoms with Crippen LogP contribution in [0.1, 0.15) is 9.67 Å². The number of nitrogens with zero attached hydrogens (tertiary/aromatic N) is 1. The molecule has 17 heavy (non-hydrogen) atoms. The SMILES string of the molecule is CS(=O)(=O)C1CSCCN1c1ccc(C=O)s1. The van der Waals surface area contributed by atoms with E-state index in [1.165, 1.54) is 17.6 Å². The number of anilines is 1. The van der Waals surface area contributed by atoms with Gasteiger partial charge in [-0.15, -0.1) is 11.3 Å². The molecule has 0 aromatic carbocycles. The third-order valence-corrected chi connectivity index (χ3v) is 6.28. The first kappa shape index (κ1) is 12.9. The molecule has 1 aliphatic rings. The number of sulfone groups is 1. The van der Waals surface area contributed by atoms with E-state index in [1.807, 2.05) is 11.0 Å². The van der Waals surface area contributed by atoms with Crippen molar-refractivity contribution in [2.24, 2.45) is 0 Å². The Hall–Kier alpha value is -0.530. The summed E-state index contributed by atoms with van der Waals surface area (Å²) in [5.74, 6) is 1.51. The summed E-state index contributed by atoms with van der Waals surface area (Å²) in [7, 11) is -3.10. The van der Waals surface area contributed by atoms with Gasteiger partial charge in [0.25, 0.3) is 0 Å². The topological polar surface area (TPSA) is 54.5 Å². The summed E-state index contributed by atoms with van der Waals surface area (Å²) < 4.78 is 23.5. The van der Waals surface area contributed by atoms with Crippen LogP contribution in [0, 0.1) is 0 Å². The van der Waals surface area contributed by atoms with Gasteiger partial charge in [-0.3, -0.25) is 4.79 Å². The Labute approximate surface area is 109 Å². The third kappa shape index (κ3) is 2.83. The molecule has 0 saturated carbocycles. The molecule has 1 saturated heterocycles. The van der Waals surface area contributed by atoms with Crippen molar-refractivity contribution in [2.75, 3.05) is 29.2 Å². The predicted molar refractivity (Wildman–Crippen MR) is 73.0 cm³/mol. The second-order valence-electron chi connectivity index (χ2n) is 3.85. The van der Waals surface area contributed by atoms with Crippen LogP contribution in [0.15, 0.2) is 12.1 Å². The van der Waals surface area contributed by atoms with Crippen molar-refractivity contribution in [1.29, 1.82) is 0 Å². The fourth-order valence-corrected chi connectivity index (χ4v) is 5.54. The van der Waals surface area contributed by atoms with Crippen molar-refractivity contribution in [2.45, 2.75) is 5.37 Å². The molecule has 2 rings (SSSR count). The van der Waals surface area contributed by atoms with Crippen LogP contribution < -0.4 is 4.90 Å². The lowest BCUT2D eigenvalue weighted by Crippen LogP contribution is -2.46. The Morgan fingerprint density at radius 2 is 2.24 bits per heavy atom. The van der Waals surface area contributed by atoms with Crippen LogP contribution in [-0.2, 0) is 9.84 Å². The molecule has 1 aromatic rings. The molecular weight excluding hydrogens is 278 g/mol. The van der Waals surface area contributed by atoms with Crippen LogP contribution in [-0.4, -0.2) is 44.4 Å². The number of carbonyl (C=O) groups is 1. The lowest BCUT2D eigenvalue weighted by molar-refractivity contribution is 0.112. The molecule has 1 unspecified atom stereocenters. The van der Waals surface area contributed by atoms with E-state index in [0.717, 1.165) is 17.0 Å². The molecule has 0 radical (unpaired) electrons. The van der Waals surface area contributed by atoms with Crippen LogP contribution >= 0.6 is 23.1 Å². The Bertz CT molecular complexity index is 509. The average molecular weight is 291 g/mol. The molecule has 0 amide bonds. The van der Waals surface area contributed by atoms with E-state index in [-0.39, 0.29) is 0 Å². The zero-order valence-corrected chi connectivity index (χ0v) is 11.8. The Morgan fingerprint density at radius 1 is 1.47 bits per heavy atom. The van der Waals surface area contributed by atoms with E-state index < -0.39 is 15.2 Å². The van der Waals surface area contributed by atoms with Crippen molar-refractivity contribution < 1.29 is 13.2 Å². The predicted octanol–water partition coefficient (Wildman–Crippen LogP) is 1.48. The molecule has 0 aliphatic carbocycles. The molecule has 1 aromatic heterocycles. The highest BCUT2D eigenvalue weighted by Gasteiger charge is 2.31. The number of thioether (sulfide) groups is 1. The van der Waals surface area contributed by atoms with Gasteiger partial charge in [-0.2, -0.15) is 11.8 Å². The standard InChI is InChI=1S/C10H13NO3S3/c1-17(13,14)10-7-15-5-4-11(10)9-3-2-8(6-12)16-9/h2-3,6,10H,4-5,7H2,1H3. The fourth-order valence-electron chi connectivity index (χ4n) is 1.75. The van der Waals surface area contributed by atoms with Gasteiger partial charge in [-0.05, 0) is 12.1 Å². The lowest BCUT2D eigenvalue weighted by atomic mass is 10.4. The van der Waals surface area contributed by atoms with Gasteiger partial charge in [0.05, 0.1) is 9.88 Å². The molecule has 1 fully saturated rings. The van der Waals surface area contributed by atoms with Crippen molar-refractivity contribution in [1.82, 2.24) is 0 Å². The highest BCUT2D eigenvalue weighted by Crippen LogP contribution is 2.31. The van der Waals surface area contributed by atoms with Gasteiger partial charge in [-0.1, -0.05) is 0 Å². The number of hydrogen-bond donors (Lipinski definition) is 0. The van der Waals surface area contributed by atoms with E-state index in [1.54, 1.807) is 17.8 Å². The summed E-state index contributed by atoms with van der Waals surface area (Å²) in [6, 6.07) is 3.55. The quantitative estimate of drug-likeness (QED) is 0.790. The minimum atomic E-state index is -3.10. The molecule has 0 bridgehead atoms. The molecular formula is C10H13NO3S3. The van der Waals surface area contributed by atoms with E-state index in [9.17, 15) is 13.2 Å². The number of carbonyl (C=O) groups excluding carboxylic acids is 1. The number of thiophene rings is 1. The number of rotatable bonds is 3. The highest BCUT2D eigenvalue weighted by molar-refractivity contribution is 8.01. The Morgan fingerprint density at radius 3 is 2.82 bits per heavy atom. The maximum atomic E-state index is 11.7. The largest absolute Gasteiger partial charge is 0.345 e. The summed E-state index contributed by atoms with van der Waals surface area (Å²) in [4.78, 5) is 13.2. The van der Waals surface area contributed by atoms with Gasteiger partial charge >= 0.3 is 0 Å². The first-order valence-corrected chi connectivity index (χ1v) is 9.03. The molecule has 94 valence electrons. The first-order chi connectivity index (χ1) is 8.02. The summed E-state index contributed by atoms with van der Waals surface area (Å²) >= 11 is 3.00. The van der Waals surface area contributed by atoms with Gasteiger partial charge < -0.3 is 4.90 Å². The molecule has 4 nitrogen and oxygen atoms in total. The number of hydrogen-bond acceptors (Lipinski definition) is 6. The minimum absolute atomic E-state index is 0.473. The van der Waals surface area contributed by atoms with Crippen LogP contribution in [0.5, 0.6) is 0 Å². The van der Waals surface area contributed by atoms with Crippen molar-refractivity contribution in [3.05, 3.63) is 17.0 Å². The molecule has 0 spiro atoms. The first-order valence-electron chi connectivity index (χ1n) is 5.10. The van der Waals surface area contributed by atoms with Crippen molar-refractivity contribution in [3.63, 3.8) is 0 Å². The number of aldehydes is 1. The van der Waals surface area contributed by atoms with Crippen molar-refractivity contribution >= 4 is 44.2 Å². The van der Waals surface area contributed by atoms with Crippen LogP contribution in [0.2, 0.25) is 0 Å². The molecule has 2 heterocycles. The summed E-state index contributed by atoms with van der Waals surface area (Å²) in [6.45, 7) is 0.710. The maximum absolute atomic E-state index is 11.7. The zero-order chi connectivity index (χ0) is 12.5. The van der Waals surface area contributed by atoms with Crippen LogP contribution in [0.25, 0.3) is 0 Å². The lowest BCUT2D eigenvalue weighted by Gasteiger charge is -2.34. The minimum Gasteiger partial charge on any atom is -0.345 e. The Balaban J connectivity index is 2.30. The van der Waals surface area contributed by atoms with Crippen molar-refractivity contribution in [3.8, 4) is 0 Å². The summed E-state index contributed by atoms with van der Waals surface area (Å²) in [6.07, 6.45) is 2.06. The summed E-state index contributed by atoms with van der Waals surface area (Å²) in [5.41, 5.74) is 0. The monoisotopic (exact) mass is 291 g/mol. The second-order valence-corrected chi connectivity index (χ2v) is 8.29. The average Bonchev–Trinajstić information content (AvgIpc) is 2.76. The van der Waals surface area contributed by atoms with Crippen LogP contribution in [0.4, 0.5) is 5.00 Å². The van der Waals surface area contributed by atoms with E-state index in [2.05, 4.69) is 0 Å². The maximum Gasteiger partial charge on any atom is 0.169 e. The van der Waals surface area contributed by atoms with Gasteiger partial charge in [0.1, 0.15) is 5.37 Å². The normalized spacial score (nSPS) is 21.5. The highest BCUT2D eigenvalue weighted by atomic mass is 32.2. The van der Waals surface area contributed by atoms with Gasteiger partial charge in [0.2, 0.25) is 0 Å². The van der Waals surface area contributed by atoms with Crippen LogP contribution in [0.3, 0.4) is 0 Å². The fraction of sp³-hybridized carbons (Fsp3) is 0.500. The second kappa shape index (κ2) is 4.99. The van der Waals surface area contributed by atoms with Gasteiger partial charge in [-0.25, -0.2) is 8.42 Å². The van der Waals surface area contributed by atoms with Gasteiger partial charge in [0, 0.05) is 24.3 Å². The van der Waals surface area contributed by atoms with E-state index in [0.29, 0.717) is 17.2 Å². The molecule has 1 aliphatic heterocycles. The molecule has 0 N–H and O–H groups in total. The summed E-state index contributed by atoms with van der Waals surface area (Å²) in [5, 5.41) is 0.391. The van der Waals surface area contributed by atoms with E-state index in [4.69, 9.17) is 0 Å². The van der Waals surface area contributed by atoms with E-state index >= 15 is 0 Å². The molecule has 1 atom stereocenters. The zero-order valence-electron chi connectivity index (χ0n) is 9.33. The smallest absolute Gasteiger partial charge is 0.169 e.